The van der Waals surface area contributed by atoms with E-state index in [2.05, 4.69) is 27.7 Å². The van der Waals surface area contributed by atoms with Gasteiger partial charge in [0.15, 0.2) is 0 Å². The van der Waals surface area contributed by atoms with Crippen LogP contribution >= 0.6 is 11.6 Å². The fourth-order valence-corrected chi connectivity index (χ4v) is 3.19. The highest BCUT2D eigenvalue weighted by molar-refractivity contribution is 6.31. The van der Waals surface area contributed by atoms with Gasteiger partial charge in [-0.3, -0.25) is 4.90 Å². The minimum absolute atomic E-state index is 0.194. The number of hydrogen-bond acceptors (Lipinski definition) is 3. The summed E-state index contributed by atoms with van der Waals surface area (Å²) in [5.41, 5.74) is 3.89. The van der Waals surface area contributed by atoms with Crippen LogP contribution in [0, 0.1) is 6.92 Å². The highest BCUT2D eigenvalue weighted by Gasteiger charge is 2.19. The van der Waals surface area contributed by atoms with Crippen molar-refractivity contribution >= 4 is 23.3 Å². The first-order valence-electron chi connectivity index (χ1n) is 8.79. The molecule has 1 aliphatic rings. The topological polar surface area (TPSA) is 64.6 Å². The van der Waals surface area contributed by atoms with E-state index in [9.17, 15) is 9.90 Å². The number of aryl methyl sites for hydroxylation is 1. The zero-order valence-electron chi connectivity index (χ0n) is 14.8. The molecule has 1 aliphatic heterocycles. The summed E-state index contributed by atoms with van der Waals surface area (Å²) in [6.07, 6.45) is 0.656. The van der Waals surface area contributed by atoms with Crippen LogP contribution in [0.4, 0.5) is 10.5 Å². The van der Waals surface area contributed by atoms with Gasteiger partial charge < -0.3 is 15.7 Å². The molecule has 0 radical (unpaired) electrons. The molecule has 26 heavy (non-hydrogen) atoms. The molecule has 5 nitrogen and oxygen atoms in total. The van der Waals surface area contributed by atoms with Gasteiger partial charge in [0, 0.05) is 36.9 Å². The van der Waals surface area contributed by atoms with Crippen molar-refractivity contribution in [1.29, 1.82) is 0 Å². The maximum Gasteiger partial charge on any atom is 0.319 e. The third-order valence-electron chi connectivity index (χ3n) is 4.56. The fraction of sp³-hybridized carbons (Fsp3) is 0.350. The van der Waals surface area contributed by atoms with Gasteiger partial charge in [-0.2, -0.15) is 0 Å². The maximum absolute atomic E-state index is 12.0. The molecule has 0 aliphatic carbocycles. The number of amides is 2. The molecule has 1 saturated heterocycles. The average Bonchev–Trinajstić information content (AvgIpc) is 3.02. The Bertz CT molecular complexity index is 764. The molecule has 0 saturated carbocycles. The van der Waals surface area contributed by atoms with Gasteiger partial charge in [-0.1, -0.05) is 41.9 Å². The molecule has 2 amide bonds. The molecule has 6 heteroatoms. The van der Waals surface area contributed by atoms with Crippen LogP contribution in [0.15, 0.2) is 42.5 Å². The van der Waals surface area contributed by atoms with Gasteiger partial charge in [-0.25, -0.2) is 4.79 Å². The second kappa shape index (κ2) is 8.54. The minimum atomic E-state index is -0.264. The highest BCUT2D eigenvalue weighted by Crippen LogP contribution is 2.20. The van der Waals surface area contributed by atoms with E-state index in [1.807, 2.05) is 31.2 Å². The Kier molecular flexibility index (Phi) is 6.14. The van der Waals surface area contributed by atoms with Crippen molar-refractivity contribution in [3.05, 3.63) is 64.2 Å². The SMILES string of the molecule is Cc1ccc(NC(=O)NCc2ccc(CN3CCC(O)C3)cc2)cc1Cl. The average molecular weight is 374 g/mol. The van der Waals surface area contributed by atoms with Gasteiger partial charge in [0.25, 0.3) is 0 Å². The van der Waals surface area contributed by atoms with E-state index in [0.717, 1.165) is 37.2 Å². The van der Waals surface area contributed by atoms with Crippen LogP contribution in [0.2, 0.25) is 5.02 Å². The van der Waals surface area contributed by atoms with E-state index < -0.39 is 0 Å². The van der Waals surface area contributed by atoms with Crippen LogP contribution in [-0.4, -0.2) is 35.2 Å². The normalized spacial score (nSPS) is 17.3. The van der Waals surface area contributed by atoms with Crippen LogP contribution in [-0.2, 0) is 13.1 Å². The summed E-state index contributed by atoms with van der Waals surface area (Å²) in [6, 6.07) is 13.3. The number of halogens is 1. The number of benzene rings is 2. The molecule has 0 bridgehead atoms. The molecule has 3 rings (SSSR count). The van der Waals surface area contributed by atoms with Crippen LogP contribution in [0.5, 0.6) is 0 Å². The number of urea groups is 1. The van der Waals surface area contributed by atoms with Crippen LogP contribution in [0.1, 0.15) is 23.1 Å². The number of aliphatic hydroxyl groups excluding tert-OH is 1. The van der Waals surface area contributed by atoms with Gasteiger partial charge in [-0.05, 0) is 42.2 Å². The molecule has 0 aromatic heterocycles. The molecule has 2 aromatic carbocycles. The van der Waals surface area contributed by atoms with Crippen LogP contribution in [0.25, 0.3) is 0 Å². The molecule has 3 N–H and O–H groups in total. The van der Waals surface area contributed by atoms with E-state index in [1.54, 1.807) is 6.07 Å². The quantitative estimate of drug-likeness (QED) is 0.751. The minimum Gasteiger partial charge on any atom is -0.392 e. The Hall–Kier alpha value is -2.08. The number of carbonyl (C=O) groups excluding carboxylic acids is 1. The third kappa shape index (κ3) is 5.21. The summed E-state index contributed by atoms with van der Waals surface area (Å²) >= 11 is 6.06. The van der Waals surface area contributed by atoms with Crippen molar-refractivity contribution in [3.8, 4) is 0 Å². The van der Waals surface area contributed by atoms with Gasteiger partial charge in [0.1, 0.15) is 0 Å². The lowest BCUT2D eigenvalue weighted by atomic mass is 10.1. The molecule has 1 unspecified atom stereocenters. The number of anilines is 1. The van der Waals surface area contributed by atoms with Crippen molar-refractivity contribution < 1.29 is 9.90 Å². The number of hydrogen-bond donors (Lipinski definition) is 3. The fourth-order valence-electron chi connectivity index (χ4n) is 3.00. The summed E-state index contributed by atoms with van der Waals surface area (Å²) in [5, 5.41) is 15.8. The highest BCUT2D eigenvalue weighted by atomic mass is 35.5. The maximum atomic E-state index is 12.0. The smallest absolute Gasteiger partial charge is 0.319 e. The van der Waals surface area contributed by atoms with Gasteiger partial charge in [0.05, 0.1) is 6.10 Å². The first kappa shape index (κ1) is 18.7. The monoisotopic (exact) mass is 373 g/mol. The third-order valence-corrected chi connectivity index (χ3v) is 4.97. The summed E-state index contributed by atoms with van der Waals surface area (Å²) in [5.74, 6) is 0. The largest absolute Gasteiger partial charge is 0.392 e. The first-order chi connectivity index (χ1) is 12.5. The zero-order valence-corrected chi connectivity index (χ0v) is 15.6. The van der Waals surface area contributed by atoms with Crippen LogP contribution < -0.4 is 10.6 Å². The summed E-state index contributed by atoms with van der Waals surface area (Å²) in [6.45, 7) is 4.90. The number of rotatable bonds is 5. The summed E-state index contributed by atoms with van der Waals surface area (Å²) in [4.78, 5) is 14.3. The van der Waals surface area contributed by atoms with Gasteiger partial charge in [-0.15, -0.1) is 0 Å². The molecule has 2 aromatic rings. The summed E-state index contributed by atoms with van der Waals surface area (Å²) < 4.78 is 0. The molecule has 1 atom stereocenters. The molecule has 1 heterocycles. The van der Waals surface area contributed by atoms with Crippen LogP contribution in [0.3, 0.4) is 0 Å². The number of aliphatic hydroxyl groups is 1. The summed E-state index contributed by atoms with van der Waals surface area (Å²) in [7, 11) is 0. The Morgan fingerprint density at radius 3 is 2.62 bits per heavy atom. The number of nitrogens with one attached hydrogen (secondary N) is 2. The number of β-amino-alcohol motifs (C(OH)–C–C–N with tert-alkyl or cyclic N) is 1. The molecule has 0 spiro atoms. The predicted molar refractivity (Wildman–Crippen MR) is 104 cm³/mol. The van der Waals surface area contributed by atoms with Crippen molar-refractivity contribution in [2.24, 2.45) is 0 Å². The van der Waals surface area contributed by atoms with E-state index >= 15 is 0 Å². The first-order valence-corrected chi connectivity index (χ1v) is 9.16. The standard InChI is InChI=1S/C20H24ClN3O2/c1-14-2-7-17(10-19(14)21)23-20(26)22-11-15-3-5-16(6-4-15)12-24-9-8-18(25)13-24/h2-7,10,18,25H,8-9,11-13H2,1H3,(H2,22,23,26). The second-order valence-electron chi connectivity index (χ2n) is 6.77. The van der Waals surface area contributed by atoms with E-state index in [1.165, 1.54) is 5.56 Å². The van der Waals surface area contributed by atoms with Gasteiger partial charge >= 0.3 is 6.03 Å². The van der Waals surface area contributed by atoms with Crippen molar-refractivity contribution in [2.75, 3.05) is 18.4 Å². The molecule has 1 fully saturated rings. The van der Waals surface area contributed by atoms with Gasteiger partial charge in [0.2, 0.25) is 0 Å². The van der Waals surface area contributed by atoms with E-state index in [-0.39, 0.29) is 12.1 Å². The lowest BCUT2D eigenvalue weighted by Gasteiger charge is -2.15. The molecule has 138 valence electrons. The number of nitrogens with zero attached hydrogens (tertiary/aromatic N) is 1. The Morgan fingerprint density at radius 1 is 1.23 bits per heavy atom. The second-order valence-corrected chi connectivity index (χ2v) is 7.17. The predicted octanol–water partition coefficient (Wildman–Crippen LogP) is 3.54. The Balaban J connectivity index is 1.46. The van der Waals surface area contributed by atoms with Crippen molar-refractivity contribution in [3.63, 3.8) is 0 Å². The van der Waals surface area contributed by atoms with Crippen molar-refractivity contribution in [1.82, 2.24) is 10.2 Å². The zero-order chi connectivity index (χ0) is 18.5. The lowest BCUT2D eigenvalue weighted by molar-refractivity contribution is 0.175. The Morgan fingerprint density at radius 2 is 1.96 bits per heavy atom. The molecular formula is C20H24ClN3O2. The van der Waals surface area contributed by atoms with E-state index in [0.29, 0.717) is 17.3 Å². The molecular weight excluding hydrogens is 350 g/mol. The van der Waals surface area contributed by atoms with Crippen molar-refractivity contribution in [2.45, 2.75) is 32.5 Å². The lowest BCUT2D eigenvalue weighted by Crippen LogP contribution is -2.28. The van der Waals surface area contributed by atoms with E-state index in [4.69, 9.17) is 11.6 Å². The number of likely N-dealkylation sites (tertiary alicyclic amines) is 1. The Labute approximate surface area is 159 Å². The number of carbonyl (C=O) groups is 1.